The third-order valence-electron chi connectivity index (χ3n) is 3.32. The summed E-state index contributed by atoms with van der Waals surface area (Å²) in [6, 6.07) is 8.11. The number of halogens is 3. The van der Waals surface area contributed by atoms with Crippen LogP contribution in [-0.2, 0) is 4.79 Å². The molecule has 1 aromatic heterocycles. The van der Waals surface area contributed by atoms with Gasteiger partial charge >= 0.3 is 5.63 Å². The van der Waals surface area contributed by atoms with E-state index in [1.807, 2.05) is 0 Å². The van der Waals surface area contributed by atoms with E-state index < -0.39 is 11.7 Å². The molecule has 7 heteroatoms. The molecule has 0 spiro atoms. The maximum absolute atomic E-state index is 12.0. The van der Waals surface area contributed by atoms with Gasteiger partial charge in [0.05, 0.1) is 21.7 Å². The minimum absolute atomic E-state index is 0.0331. The fourth-order valence-corrected chi connectivity index (χ4v) is 3.11. The molecule has 1 aromatic carbocycles. The van der Waals surface area contributed by atoms with E-state index in [0.717, 1.165) is 5.69 Å². The molecule has 0 aliphatic heterocycles. The Bertz CT molecular complexity index is 857. The van der Waals surface area contributed by atoms with Crippen LogP contribution < -0.4 is 10.9 Å². The molecule has 0 bridgehead atoms. The van der Waals surface area contributed by atoms with Crippen molar-refractivity contribution in [3.05, 3.63) is 68.2 Å². The van der Waals surface area contributed by atoms with E-state index in [1.165, 1.54) is 13.0 Å². The van der Waals surface area contributed by atoms with E-state index in [9.17, 15) is 9.59 Å². The molecule has 2 rings (SSSR count). The van der Waals surface area contributed by atoms with Gasteiger partial charge in [-0.15, -0.1) is 0 Å². The lowest BCUT2D eigenvalue weighted by atomic mass is 10.1. The highest BCUT2D eigenvalue weighted by molar-refractivity contribution is 6.50. The van der Waals surface area contributed by atoms with E-state index in [0.29, 0.717) is 10.8 Å². The Morgan fingerprint density at radius 2 is 1.92 bits per heavy atom. The van der Waals surface area contributed by atoms with Gasteiger partial charge in [0.25, 0.3) is 0 Å². The lowest BCUT2D eigenvalue weighted by molar-refractivity contribution is -0.117. The second kappa shape index (κ2) is 8.56. The molecule has 0 saturated carbocycles. The Balaban J connectivity index is 2.34. The number of rotatable bonds is 6. The molecule has 132 valence electrons. The van der Waals surface area contributed by atoms with E-state index in [4.69, 9.17) is 39.2 Å². The van der Waals surface area contributed by atoms with Crippen molar-refractivity contribution in [1.29, 1.82) is 0 Å². The molecule has 0 aliphatic carbocycles. The van der Waals surface area contributed by atoms with E-state index in [2.05, 4.69) is 5.32 Å². The first-order valence-corrected chi connectivity index (χ1v) is 8.59. The third-order valence-corrected chi connectivity index (χ3v) is 4.18. The summed E-state index contributed by atoms with van der Waals surface area (Å²) in [6.07, 6.45) is 1.76. The number of carbonyl (C=O) groups excluding carboxylic acids is 1. The highest BCUT2D eigenvalue weighted by atomic mass is 35.5. The highest BCUT2D eigenvalue weighted by Crippen LogP contribution is 2.26. The average Bonchev–Trinajstić information content (AvgIpc) is 2.47. The number of aryl methyl sites for hydroxylation is 1. The van der Waals surface area contributed by atoms with E-state index in [-0.39, 0.29) is 27.8 Å². The molecule has 2 aromatic rings. The first kappa shape index (κ1) is 19.6. The van der Waals surface area contributed by atoms with Crippen LogP contribution in [0.4, 0.5) is 5.69 Å². The van der Waals surface area contributed by atoms with Gasteiger partial charge in [-0.25, -0.2) is 4.79 Å². The zero-order valence-electron chi connectivity index (χ0n) is 13.6. The van der Waals surface area contributed by atoms with Crippen LogP contribution in [0.3, 0.4) is 0 Å². The molecule has 1 unspecified atom stereocenters. The molecule has 0 saturated heterocycles. The van der Waals surface area contributed by atoms with Gasteiger partial charge in [0.1, 0.15) is 11.5 Å². The SMILES string of the molecule is CC(=O)CC(/C=C(\Cl)c1c(Cl)cc(C)oc1=O)Nc1ccc(Cl)cc1. The number of anilines is 1. The number of carbonyl (C=O) groups is 1. The van der Waals surface area contributed by atoms with Crippen molar-refractivity contribution in [3.63, 3.8) is 0 Å². The van der Waals surface area contributed by atoms with Crippen LogP contribution in [-0.4, -0.2) is 11.8 Å². The van der Waals surface area contributed by atoms with Crippen LogP contribution in [0.2, 0.25) is 10.0 Å². The van der Waals surface area contributed by atoms with Crippen molar-refractivity contribution in [1.82, 2.24) is 0 Å². The molecule has 0 radical (unpaired) electrons. The number of benzene rings is 1. The van der Waals surface area contributed by atoms with Crippen molar-refractivity contribution in [2.24, 2.45) is 0 Å². The van der Waals surface area contributed by atoms with Gasteiger partial charge < -0.3 is 9.73 Å². The maximum atomic E-state index is 12.0. The monoisotopic (exact) mass is 399 g/mol. The van der Waals surface area contributed by atoms with Crippen LogP contribution in [0, 0.1) is 6.92 Å². The second-order valence-corrected chi connectivity index (χ2v) is 6.80. The Labute approximate surface area is 160 Å². The van der Waals surface area contributed by atoms with Gasteiger partial charge in [-0.05, 0) is 50.3 Å². The van der Waals surface area contributed by atoms with E-state index in [1.54, 1.807) is 37.3 Å². The summed E-state index contributed by atoms with van der Waals surface area (Å²) in [6.45, 7) is 3.10. The smallest absolute Gasteiger partial charge is 0.346 e. The fraction of sp³-hybridized carbons (Fsp3) is 0.222. The molecule has 25 heavy (non-hydrogen) atoms. The molecule has 0 fully saturated rings. The Kier molecular flexibility index (Phi) is 6.71. The molecule has 1 heterocycles. The molecule has 4 nitrogen and oxygen atoms in total. The number of Topliss-reactive ketones (excluding diaryl/α,β-unsaturated/α-hetero) is 1. The number of hydrogen-bond acceptors (Lipinski definition) is 4. The average molecular weight is 401 g/mol. The van der Waals surface area contributed by atoms with Crippen molar-refractivity contribution in [2.45, 2.75) is 26.3 Å². The number of hydrogen-bond donors (Lipinski definition) is 1. The van der Waals surface area contributed by atoms with Gasteiger partial charge in [0, 0.05) is 17.1 Å². The first-order chi connectivity index (χ1) is 11.8. The zero-order valence-corrected chi connectivity index (χ0v) is 15.9. The van der Waals surface area contributed by atoms with E-state index >= 15 is 0 Å². The Morgan fingerprint density at radius 1 is 1.28 bits per heavy atom. The van der Waals surface area contributed by atoms with Gasteiger partial charge in [-0.2, -0.15) is 0 Å². The first-order valence-electron chi connectivity index (χ1n) is 7.45. The van der Waals surface area contributed by atoms with Gasteiger partial charge in [-0.1, -0.05) is 34.8 Å². The quantitative estimate of drug-likeness (QED) is 0.715. The minimum atomic E-state index is -0.626. The molecular formula is C18H16Cl3NO3. The van der Waals surface area contributed by atoms with Gasteiger partial charge in [-0.3, -0.25) is 4.79 Å². The van der Waals surface area contributed by atoms with Crippen molar-refractivity contribution in [3.8, 4) is 0 Å². The zero-order chi connectivity index (χ0) is 18.6. The molecule has 0 amide bonds. The predicted molar refractivity (Wildman–Crippen MR) is 103 cm³/mol. The van der Waals surface area contributed by atoms with Crippen LogP contribution in [0.5, 0.6) is 0 Å². The Morgan fingerprint density at radius 3 is 2.48 bits per heavy atom. The normalized spacial score (nSPS) is 12.8. The molecule has 1 N–H and O–H groups in total. The highest BCUT2D eigenvalue weighted by Gasteiger charge is 2.16. The fourth-order valence-electron chi connectivity index (χ4n) is 2.27. The van der Waals surface area contributed by atoms with Gasteiger partial charge in [0.15, 0.2) is 0 Å². The summed E-state index contributed by atoms with van der Waals surface area (Å²) in [7, 11) is 0. The summed E-state index contributed by atoms with van der Waals surface area (Å²) in [5.74, 6) is 0.358. The summed E-state index contributed by atoms with van der Waals surface area (Å²) < 4.78 is 5.04. The minimum Gasteiger partial charge on any atom is -0.428 e. The van der Waals surface area contributed by atoms with Gasteiger partial charge in [0.2, 0.25) is 0 Å². The summed E-state index contributed by atoms with van der Waals surface area (Å²) >= 11 is 18.3. The lowest BCUT2D eigenvalue weighted by Gasteiger charge is -2.16. The van der Waals surface area contributed by atoms with Crippen LogP contribution in [0.25, 0.3) is 5.03 Å². The largest absolute Gasteiger partial charge is 0.428 e. The van der Waals surface area contributed by atoms with Crippen LogP contribution in [0.15, 0.2) is 45.6 Å². The van der Waals surface area contributed by atoms with Crippen molar-refractivity contribution >= 4 is 51.3 Å². The molecule has 1 atom stereocenters. The summed E-state index contributed by atoms with van der Waals surface area (Å²) in [5.41, 5.74) is 0.207. The van der Waals surface area contributed by atoms with Crippen LogP contribution in [0.1, 0.15) is 24.7 Å². The Hall–Kier alpha value is -1.75. The molecular weight excluding hydrogens is 385 g/mol. The predicted octanol–water partition coefficient (Wildman–Crippen LogP) is 5.29. The molecule has 0 aliphatic rings. The standard InChI is InChI=1S/C18H16Cl3NO3/c1-10(23)7-14(22-13-5-3-12(19)4-6-13)9-16(21)17-15(20)8-11(2)25-18(17)24/h3-6,8-9,14,22H,7H2,1-2H3/b16-9-. The maximum Gasteiger partial charge on any atom is 0.346 e. The summed E-state index contributed by atoms with van der Waals surface area (Å²) in [5, 5.41) is 4.09. The van der Waals surface area contributed by atoms with Crippen molar-refractivity contribution in [2.75, 3.05) is 5.32 Å². The number of ketones is 1. The topological polar surface area (TPSA) is 59.3 Å². The van der Waals surface area contributed by atoms with Crippen molar-refractivity contribution < 1.29 is 9.21 Å². The van der Waals surface area contributed by atoms with Crippen LogP contribution >= 0.6 is 34.8 Å². The second-order valence-electron chi connectivity index (χ2n) is 5.55. The third kappa shape index (κ3) is 5.63. The number of nitrogens with one attached hydrogen (secondary N) is 1. The summed E-state index contributed by atoms with van der Waals surface area (Å²) in [4.78, 5) is 23.6. The lowest BCUT2D eigenvalue weighted by Crippen LogP contribution is -2.20.